The zero-order chi connectivity index (χ0) is 41.9. The van der Waals surface area contributed by atoms with Gasteiger partial charge in [0.15, 0.2) is 11.6 Å². The molecule has 59 heavy (non-hydrogen) atoms. The first-order chi connectivity index (χ1) is 27.8. The van der Waals surface area contributed by atoms with Crippen LogP contribution in [0.2, 0.25) is 0 Å². The van der Waals surface area contributed by atoms with E-state index in [-0.39, 0.29) is 29.6 Å². The number of rotatable bonds is 4. The summed E-state index contributed by atoms with van der Waals surface area (Å²) in [4.78, 5) is 41.9. The minimum absolute atomic E-state index is 0. The average molecular weight is 846 g/mol. The molecule has 18 heteroatoms. The molecule has 303 valence electrons. The van der Waals surface area contributed by atoms with Crippen molar-refractivity contribution in [2.75, 3.05) is 7.05 Å². The van der Waals surface area contributed by atoms with Gasteiger partial charge >= 0.3 is 41.5 Å². The topological polar surface area (TPSA) is 156 Å². The number of carbonyl (C=O) groups is 3. The van der Waals surface area contributed by atoms with Gasteiger partial charge in [-0.25, -0.2) is 19.4 Å². The Hall–Kier alpha value is -4.49. The SMILES string of the molecule is CC(=O)OOC(C)=O.Cc1sc2c(c1Cc1ccccc1)CN(C)Cc1nnc(C)n1-2.Cc1sc2c(c1Cc1ccccc1)CNCc1nnc(C)n1-2.[B-]OC(C)=O.[Na+]. The van der Waals surface area contributed by atoms with Crippen molar-refractivity contribution in [2.45, 2.75) is 87.5 Å². The van der Waals surface area contributed by atoms with Gasteiger partial charge in [-0.3, -0.25) is 18.8 Å². The predicted octanol–water partition coefficient (Wildman–Crippen LogP) is 3.29. The van der Waals surface area contributed by atoms with E-state index in [1.807, 2.05) is 36.5 Å². The summed E-state index contributed by atoms with van der Waals surface area (Å²) in [6.45, 7) is 15.5. The summed E-state index contributed by atoms with van der Waals surface area (Å²) in [5.41, 5.74) is 8.46. The summed E-state index contributed by atoms with van der Waals surface area (Å²) < 4.78 is 8.06. The molecule has 6 heterocycles. The van der Waals surface area contributed by atoms with E-state index in [0.717, 1.165) is 76.2 Å². The molecule has 4 aromatic heterocycles. The fourth-order valence-corrected chi connectivity index (χ4v) is 9.03. The van der Waals surface area contributed by atoms with Gasteiger partial charge in [-0.1, -0.05) is 60.7 Å². The number of thiophene rings is 2. The number of carbonyl (C=O) groups excluding carboxylic acids is 3. The van der Waals surface area contributed by atoms with E-state index in [2.05, 4.69) is 144 Å². The van der Waals surface area contributed by atoms with Crippen LogP contribution in [0.3, 0.4) is 0 Å². The van der Waals surface area contributed by atoms with Crippen molar-refractivity contribution in [3.63, 3.8) is 0 Å². The van der Waals surface area contributed by atoms with Crippen LogP contribution in [-0.4, -0.2) is 67.4 Å². The summed E-state index contributed by atoms with van der Waals surface area (Å²) in [5, 5.41) is 23.3. The standard InChI is InChI=1S/C18H20N4S.C17H18N4S.C4H6O4.C2H3BO2.Na/c1-12-15(9-14-7-5-4-6-8-14)16-10-21(3)11-17-20-19-13(2)22(17)18(16)23-12;1-11-14(8-13-6-4-3-5-7-13)15-9-18-10-16-20-19-12(2)21(16)17(15)22-11;1-3(5)7-8-4(2)6;1-2(4)5-3;/h4-8H,9-11H2,1-3H3;3-7,18H,8-10H2,1-2H3;1-2H3;1H3;/q;;;-1;+1. The predicted molar refractivity (Wildman–Crippen MR) is 223 cm³/mol. The molecule has 14 nitrogen and oxygen atoms in total. The third kappa shape index (κ3) is 12.5. The zero-order valence-electron chi connectivity index (χ0n) is 35.0. The van der Waals surface area contributed by atoms with Gasteiger partial charge in [0.2, 0.25) is 5.97 Å². The van der Waals surface area contributed by atoms with E-state index >= 15 is 0 Å². The van der Waals surface area contributed by atoms with E-state index in [9.17, 15) is 14.4 Å². The van der Waals surface area contributed by atoms with Crippen LogP contribution >= 0.6 is 22.7 Å². The van der Waals surface area contributed by atoms with Gasteiger partial charge < -0.3 is 18.0 Å². The Morgan fingerprint density at radius 2 is 1.10 bits per heavy atom. The Bertz CT molecular complexity index is 2330. The molecule has 2 aliphatic rings. The molecule has 0 aliphatic carbocycles. The Morgan fingerprint density at radius 3 is 1.58 bits per heavy atom. The molecule has 8 rings (SSSR count). The van der Waals surface area contributed by atoms with Crippen LogP contribution in [-0.2, 0) is 67.8 Å². The molecule has 0 saturated carbocycles. The van der Waals surface area contributed by atoms with E-state index in [4.69, 9.17) is 0 Å². The third-order valence-electron chi connectivity index (χ3n) is 9.10. The van der Waals surface area contributed by atoms with Crippen LogP contribution in [0, 0.1) is 27.7 Å². The van der Waals surface area contributed by atoms with Crippen LogP contribution < -0.4 is 34.9 Å². The van der Waals surface area contributed by atoms with Gasteiger partial charge in [-0.15, -0.1) is 43.1 Å². The summed E-state index contributed by atoms with van der Waals surface area (Å²) in [6, 6.07) is 21.4. The second kappa shape index (κ2) is 22.2. The van der Waals surface area contributed by atoms with Gasteiger partial charge in [0, 0.05) is 54.7 Å². The van der Waals surface area contributed by atoms with Crippen molar-refractivity contribution in [3.05, 3.63) is 127 Å². The number of nitrogens with zero attached hydrogens (tertiary/aromatic N) is 7. The number of benzene rings is 2. The molecular weight excluding hydrogens is 798 g/mol. The van der Waals surface area contributed by atoms with Gasteiger partial charge in [-0.2, -0.15) is 0 Å². The van der Waals surface area contributed by atoms with Gasteiger partial charge in [-0.05, 0) is 69.8 Å². The Balaban J connectivity index is 0.000000200. The Labute approximate surface area is 376 Å². The van der Waals surface area contributed by atoms with Crippen molar-refractivity contribution >= 4 is 48.6 Å². The van der Waals surface area contributed by atoms with Crippen molar-refractivity contribution in [2.24, 2.45) is 0 Å². The van der Waals surface area contributed by atoms with E-state index in [1.54, 1.807) is 0 Å². The molecule has 0 spiro atoms. The van der Waals surface area contributed by atoms with E-state index < -0.39 is 17.9 Å². The number of nitrogens with one attached hydrogen (secondary N) is 1. The molecule has 0 atom stereocenters. The van der Waals surface area contributed by atoms with Gasteiger partial charge in [0.1, 0.15) is 21.7 Å². The van der Waals surface area contributed by atoms with Crippen molar-refractivity contribution in [1.29, 1.82) is 0 Å². The molecule has 3 radical (unpaired) electrons. The maximum absolute atomic E-state index is 9.85. The minimum Gasteiger partial charge on any atom is -0.793 e. The molecule has 2 aliphatic heterocycles. The molecule has 0 fully saturated rings. The van der Waals surface area contributed by atoms with Gasteiger partial charge in [0.05, 0.1) is 13.1 Å². The second-order valence-electron chi connectivity index (χ2n) is 13.7. The van der Waals surface area contributed by atoms with E-state index in [1.165, 1.54) is 60.1 Å². The van der Waals surface area contributed by atoms with Crippen molar-refractivity contribution in [1.82, 2.24) is 39.7 Å². The normalized spacial score (nSPS) is 12.3. The summed E-state index contributed by atoms with van der Waals surface area (Å²) in [5.74, 6) is 2.24. The first-order valence-corrected chi connectivity index (χ1v) is 20.1. The van der Waals surface area contributed by atoms with Crippen LogP contribution in [0.15, 0.2) is 60.7 Å². The number of hydrogen-bond donors (Lipinski definition) is 1. The van der Waals surface area contributed by atoms with Crippen LogP contribution in [0.25, 0.3) is 10.0 Å². The van der Waals surface area contributed by atoms with Crippen molar-refractivity contribution in [3.8, 4) is 10.0 Å². The van der Waals surface area contributed by atoms with Crippen LogP contribution in [0.5, 0.6) is 0 Å². The molecule has 2 aromatic carbocycles. The first-order valence-electron chi connectivity index (χ1n) is 18.5. The first kappa shape index (κ1) is 47.2. The fourth-order valence-electron chi connectivity index (χ4n) is 6.53. The molecule has 1 N–H and O–H groups in total. The average Bonchev–Trinajstić information content (AvgIpc) is 3.85. The second-order valence-corrected chi connectivity index (χ2v) is 16.1. The molecule has 0 saturated heterocycles. The van der Waals surface area contributed by atoms with Crippen LogP contribution in [0.4, 0.5) is 0 Å². The van der Waals surface area contributed by atoms with Crippen molar-refractivity contribution < 1.29 is 58.4 Å². The largest absolute Gasteiger partial charge is 1.00 e. The Kier molecular flexibility index (Phi) is 17.8. The summed E-state index contributed by atoms with van der Waals surface area (Å²) in [6.07, 6.45) is 1.97. The minimum atomic E-state index is -0.639. The maximum atomic E-state index is 9.85. The fraction of sp³-hybridized carbons (Fsp3) is 0.341. The molecule has 6 aromatic rings. The molecular formula is C41H47BN8NaO6S2. The van der Waals surface area contributed by atoms with E-state index in [0.29, 0.717) is 0 Å². The number of aryl methyl sites for hydroxylation is 4. The summed E-state index contributed by atoms with van der Waals surface area (Å²) in [7, 11) is 6.48. The number of hydrogen-bond acceptors (Lipinski definition) is 14. The Morgan fingerprint density at radius 1 is 0.661 bits per heavy atom. The quantitative estimate of drug-likeness (QED) is 0.157. The summed E-state index contributed by atoms with van der Waals surface area (Å²) >= 11 is 3.72. The third-order valence-corrected chi connectivity index (χ3v) is 11.4. The maximum Gasteiger partial charge on any atom is 1.00 e. The van der Waals surface area contributed by atoms with Crippen LogP contribution in [0.1, 0.15) is 87.2 Å². The molecule has 0 bridgehead atoms. The smallest absolute Gasteiger partial charge is 0.793 e. The zero-order valence-corrected chi connectivity index (χ0v) is 38.6. The molecule has 0 amide bonds. The monoisotopic (exact) mass is 845 g/mol. The molecule has 0 unspecified atom stereocenters. The van der Waals surface area contributed by atoms with Gasteiger partial charge in [0.25, 0.3) is 0 Å². The number of aromatic nitrogens is 6. The number of fused-ring (bicyclic) bond motifs is 6.